The van der Waals surface area contributed by atoms with Crippen molar-refractivity contribution in [2.75, 3.05) is 0 Å². The Morgan fingerprint density at radius 2 is 1.36 bits per heavy atom. The van der Waals surface area contributed by atoms with Crippen LogP contribution in [0.4, 0.5) is 0 Å². The second kappa shape index (κ2) is 4.11. The van der Waals surface area contributed by atoms with Crippen LogP contribution in [-0.2, 0) is 0 Å². The van der Waals surface area contributed by atoms with Gasteiger partial charge in [0, 0.05) is 0 Å². The molecule has 0 saturated heterocycles. The first-order valence-electron chi connectivity index (χ1n) is 5.94. The first-order valence-corrected chi connectivity index (χ1v) is 6.35. The maximum atomic E-state index is 11.8. The summed E-state index contributed by atoms with van der Waals surface area (Å²) >= 11 is 4.93. The molecule has 0 radical (unpaired) electrons. The highest BCUT2D eigenvalue weighted by atomic mass is 32.1. The zero-order valence-corrected chi connectivity index (χ0v) is 11.4. The molecule has 4 aromatic heterocycles. The summed E-state index contributed by atoms with van der Waals surface area (Å²) in [6, 6.07) is 0. The SMILES string of the molecule is O=c1[nH]c(=O)c2ncn(-n3cnc4c(=O)[nH]c(=S)[nH]c43)c2[nH]1. The van der Waals surface area contributed by atoms with Crippen molar-refractivity contribution in [1.82, 2.24) is 39.3 Å². The van der Waals surface area contributed by atoms with E-state index in [1.54, 1.807) is 0 Å². The Morgan fingerprint density at radius 3 is 2.00 bits per heavy atom. The predicted molar refractivity (Wildman–Crippen MR) is 77.3 cm³/mol. The van der Waals surface area contributed by atoms with Crippen molar-refractivity contribution in [2.45, 2.75) is 0 Å². The second-order valence-corrected chi connectivity index (χ2v) is 4.80. The van der Waals surface area contributed by atoms with Gasteiger partial charge in [0.05, 0.1) is 0 Å². The summed E-state index contributed by atoms with van der Waals surface area (Å²) in [7, 11) is 0. The minimum absolute atomic E-state index is 0.0462. The number of fused-ring (bicyclic) bond motifs is 2. The fourth-order valence-corrected chi connectivity index (χ4v) is 2.36. The standard InChI is InChI=1S/C10H6N8O3S/c19-7-3-5(13-9(21)15-7)17(1-11-3)18-2-12-4-6(18)14-10(22)16-8(4)20/h1-2H,(H2,13,15,19,21)(H2,14,16,20,22). The molecule has 0 bridgehead atoms. The van der Waals surface area contributed by atoms with Crippen molar-refractivity contribution in [1.29, 1.82) is 0 Å². The third kappa shape index (κ3) is 1.61. The smallest absolute Gasteiger partial charge is 0.315 e. The molecule has 0 aliphatic rings. The molecule has 0 amide bonds. The maximum Gasteiger partial charge on any atom is 0.327 e. The Morgan fingerprint density at radius 1 is 0.818 bits per heavy atom. The normalized spacial score (nSPS) is 11.5. The number of rotatable bonds is 1. The van der Waals surface area contributed by atoms with E-state index in [0.29, 0.717) is 5.65 Å². The fraction of sp³-hybridized carbons (Fsp3) is 0. The van der Waals surface area contributed by atoms with E-state index in [0.717, 1.165) is 0 Å². The second-order valence-electron chi connectivity index (χ2n) is 4.39. The van der Waals surface area contributed by atoms with E-state index < -0.39 is 16.8 Å². The number of nitrogens with one attached hydrogen (secondary N) is 4. The van der Waals surface area contributed by atoms with Gasteiger partial charge in [-0.05, 0) is 12.2 Å². The number of hydrogen-bond acceptors (Lipinski definition) is 6. The van der Waals surface area contributed by atoms with Crippen LogP contribution in [0.25, 0.3) is 22.3 Å². The predicted octanol–water partition coefficient (Wildman–Crippen LogP) is -1.18. The van der Waals surface area contributed by atoms with Crippen molar-refractivity contribution >= 4 is 34.5 Å². The number of aromatic amines is 4. The number of aromatic nitrogens is 8. The van der Waals surface area contributed by atoms with E-state index in [9.17, 15) is 14.4 Å². The molecule has 0 aliphatic carbocycles. The Kier molecular flexibility index (Phi) is 2.33. The van der Waals surface area contributed by atoms with Gasteiger partial charge in [-0.3, -0.25) is 24.5 Å². The van der Waals surface area contributed by atoms with Gasteiger partial charge in [-0.1, -0.05) is 0 Å². The first kappa shape index (κ1) is 12.5. The Labute approximate surface area is 123 Å². The highest BCUT2D eigenvalue weighted by Gasteiger charge is 2.13. The summed E-state index contributed by atoms with van der Waals surface area (Å²) in [5.74, 6) is 0. The topological polar surface area (TPSA) is 150 Å². The van der Waals surface area contributed by atoms with Gasteiger partial charge < -0.3 is 4.98 Å². The van der Waals surface area contributed by atoms with Crippen molar-refractivity contribution in [3.8, 4) is 0 Å². The zero-order chi connectivity index (χ0) is 15.4. The molecule has 0 unspecified atom stereocenters. The largest absolute Gasteiger partial charge is 0.327 e. The van der Waals surface area contributed by atoms with Crippen LogP contribution in [0.3, 0.4) is 0 Å². The van der Waals surface area contributed by atoms with E-state index in [1.165, 1.54) is 22.0 Å². The summed E-state index contributed by atoms with van der Waals surface area (Å²) in [6.07, 6.45) is 2.65. The van der Waals surface area contributed by atoms with Crippen LogP contribution >= 0.6 is 12.2 Å². The van der Waals surface area contributed by atoms with Crippen LogP contribution in [0, 0.1) is 4.77 Å². The van der Waals surface area contributed by atoms with Crippen molar-refractivity contribution in [2.24, 2.45) is 0 Å². The molecule has 0 saturated carbocycles. The Balaban J connectivity index is 2.17. The third-order valence-corrected chi connectivity index (χ3v) is 3.28. The van der Waals surface area contributed by atoms with Crippen LogP contribution < -0.4 is 16.8 Å². The zero-order valence-electron chi connectivity index (χ0n) is 10.6. The molecule has 4 heterocycles. The van der Waals surface area contributed by atoms with Crippen LogP contribution in [0.2, 0.25) is 0 Å². The van der Waals surface area contributed by atoms with Gasteiger partial charge >= 0.3 is 5.69 Å². The Bertz CT molecular complexity index is 1170. The molecular formula is C10H6N8O3S. The van der Waals surface area contributed by atoms with Gasteiger partial charge in [-0.2, -0.15) is 0 Å². The van der Waals surface area contributed by atoms with E-state index in [-0.39, 0.29) is 21.5 Å². The molecule has 11 nitrogen and oxygen atoms in total. The van der Waals surface area contributed by atoms with Gasteiger partial charge in [0.25, 0.3) is 11.1 Å². The average Bonchev–Trinajstić information content (AvgIpc) is 3.02. The first-order chi connectivity index (χ1) is 10.5. The fourth-order valence-electron chi connectivity index (χ4n) is 2.17. The summed E-state index contributed by atoms with van der Waals surface area (Å²) < 4.78 is 2.90. The van der Waals surface area contributed by atoms with Crippen LogP contribution in [0.15, 0.2) is 27.0 Å². The van der Waals surface area contributed by atoms with E-state index in [4.69, 9.17) is 12.2 Å². The molecule has 0 aliphatic heterocycles. The van der Waals surface area contributed by atoms with Crippen LogP contribution in [0.1, 0.15) is 0 Å². The molecule has 4 N–H and O–H groups in total. The average molecular weight is 318 g/mol. The molecule has 0 spiro atoms. The monoisotopic (exact) mass is 318 g/mol. The van der Waals surface area contributed by atoms with Crippen LogP contribution in [-0.4, -0.2) is 39.3 Å². The molecule has 110 valence electrons. The van der Waals surface area contributed by atoms with Gasteiger partial charge in [-0.25, -0.2) is 24.1 Å². The number of imidazole rings is 2. The molecule has 0 aromatic carbocycles. The lowest BCUT2D eigenvalue weighted by molar-refractivity contribution is 0.685. The number of hydrogen-bond donors (Lipinski definition) is 4. The molecule has 4 rings (SSSR count). The summed E-state index contributed by atoms with van der Waals surface area (Å²) in [4.78, 5) is 52.6. The lowest BCUT2D eigenvalue weighted by Crippen LogP contribution is -2.23. The van der Waals surface area contributed by atoms with Crippen molar-refractivity contribution in [3.63, 3.8) is 0 Å². The maximum absolute atomic E-state index is 11.8. The third-order valence-electron chi connectivity index (χ3n) is 3.08. The molecule has 4 aromatic rings. The highest BCUT2D eigenvalue weighted by Crippen LogP contribution is 2.09. The van der Waals surface area contributed by atoms with Gasteiger partial charge in [0.2, 0.25) is 0 Å². The summed E-state index contributed by atoms with van der Waals surface area (Å²) in [5.41, 5.74) is -1.11. The molecule has 0 fully saturated rings. The van der Waals surface area contributed by atoms with Gasteiger partial charge in [0.1, 0.15) is 12.7 Å². The van der Waals surface area contributed by atoms with Gasteiger partial charge in [0.15, 0.2) is 27.1 Å². The Hall–Kier alpha value is -3.28. The minimum atomic E-state index is -0.672. The molecular weight excluding hydrogens is 312 g/mol. The molecule has 0 atom stereocenters. The van der Waals surface area contributed by atoms with E-state index >= 15 is 0 Å². The number of H-pyrrole nitrogens is 4. The summed E-state index contributed by atoms with van der Waals surface area (Å²) in [6.45, 7) is 0. The molecule has 12 heteroatoms. The lowest BCUT2D eigenvalue weighted by Gasteiger charge is -2.05. The van der Waals surface area contributed by atoms with Crippen molar-refractivity contribution < 1.29 is 0 Å². The molecule has 22 heavy (non-hydrogen) atoms. The minimum Gasteiger partial charge on any atom is -0.315 e. The van der Waals surface area contributed by atoms with Gasteiger partial charge in [-0.15, -0.1) is 0 Å². The lowest BCUT2D eigenvalue weighted by atomic mass is 10.5. The summed E-state index contributed by atoms with van der Waals surface area (Å²) in [5, 5.41) is 0. The number of nitrogens with zero attached hydrogens (tertiary/aromatic N) is 4. The van der Waals surface area contributed by atoms with E-state index in [1.807, 2.05) is 0 Å². The quantitative estimate of drug-likeness (QED) is 0.324. The van der Waals surface area contributed by atoms with Crippen LogP contribution in [0.5, 0.6) is 0 Å². The van der Waals surface area contributed by atoms with Crippen molar-refractivity contribution in [3.05, 3.63) is 48.6 Å². The highest BCUT2D eigenvalue weighted by molar-refractivity contribution is 7.71. The van der Waals surface area contributed by atoms with E-state index in [2.05, 4.69) is 29.9 Å².